The third-order valence-electron chi connectivity index (χ3n) is 9.25. The zero-order valence-corrected chi connectivity index (χ0v) is 30.2. The smallest absolute Gasteiger partial charge is 0.0323 e. The molecule has 0 aromatic heterocycles. The molecule has 5 heteroatoms. The van der Waals surface area contributed by atoms with Crippen LogP contribution in [0.3, 0.4) is 0 Å². The van der Waals surface area contributed by atoms with Gasteiger partial charge in [0.05, 0.1) is 0 Å². The van der Waals surface area contributed by atoms with Gasteiger partial charge in [-0.15, -0.1) is 0 Å². The normalized spacial score (nSPS) is 16.4. The Morgan fingerprint density at radius 3 is 1.02 bits per heavy atom. The summed E-state index contributed by atoms with van der Waals surface area (Å²) in [6, 6.07) is 68.1. The summed E-state index contributed by atoms with van der Waals surface area (Å²) in [6.45, 7) is 1.07. The van der Waals surface area contributed by atoms with Gasteiger partial charge in [-0.1, -0.05) is 182 Å². The van der Waals surface area contributed by atoms with Crippen molar-refractivity contribution >= 4 is 56.0 Å². The van der Waals surface area contributed by atoms with E-state index in [1.807, 2.05) is 0 Å². The van der Waals surface area contributed by atoms with E-state index < -0.39 is 24.2 Å². The van der Waals surface area contributed by atoms with E-state index in [9.17, 15) is 0 Å². The molecule has 1 aliphatic carbocycles. The Balaban J connectivity index is 1.26. The second kappa shape index (κ2) is 16.3. The first-order chi connectivity index (χ1) is 23.8. The van der Waals surface area contributed by atoms with Crippen LogP contribution in [0.4, 0.5) is 0 Å². The number of hydrogen-bond donors (Lipinski definition) is 0. The first kappa shape index (κ1) is 33.0. The van der Waals surface area contributed by atoms with Crippen LogP contribution in [0.25, 0.3) is 0 Å². The van der Waals surface area contributed by atoms with Crippen LogP contribution in [-0.4, -0.2) is 28.7 Å². The van der Waals surface area contributed by atoms with Crippen LogP contribution in [0.2, 0.25) is 0 Å². The van der Waals surface area contributed by atoms with Gasteiger partial charge in [0.25, 0.3) is 0 Å². The molecule has 6 aromatic rings. The molecule has 2 atom stereocenters. The van der Waals surface area contributed by atoms with Crippen molar-refractivity contribution in [2.24, 2.45) is 5.92 Å². The number of nitrogens with zero attached hydrogens (tertiary/aromatic N) is 2. The van der Waals surface area contributed by atoms with E-state index in [-0.39, 0.29) is 0 Å². The van der Waals surface area contributed by atoms with E-state index in [4.69, 9.17) is 0 Å². The molecule has 0 heterocycles. The molecule has 0 spiro atoms. The summed E-state index contributed by atoms with van der Waals surface area (Å²) < 4.78 is 5.68. The summed E-state index contributed by atoms with van der Waals surface area (Å²) in [4.78, 5) is 0. The molecular weight excluding hydrogens is 637 g/mol. The minimum absolute atomic E-state index is 0.544. The van der Waals surface area contributed by atoms with Gasteiger partial charge >= 0.3 is 0 Å². The van der Waals surface area contributed by atoms with Gasteiger partial charge in [0.1, 0.15) is 0 Å². The Labute approximate surface area is 290 Å². The van der Waals surface area contributed by atoms with Gasteiger partial charge in [0.2, 0.25) is 0 Å². The Hall–Kier alpha value is -3.47. The van der Waals surface area contributed by atoms with Gasteiger partial charge in [0.15, 0.2) is 0 Å². The highest BCUT2D eigenvalue weighted by molar-refractivity contribution is 7.84. The van der Waals surface area contributed by atoms with E-state index in [1.165, 1.54) is 51.1 Å². The minimum Gasteiger partial charge on any atom is -0.275 e. The Kier molecular flexibility index (Phi) is 11.2. The van der Waals surface area contributed by atoms with E-state index in [1.54, 1.807) is 0 Å². The van der Waals surface area contributed by atoms with Gasteiger partial charge in [-0.2, -0.15) is 0 Å². The van der Waals surface area contributed by atoms with E-state index >= 15 is 0 Å². The first-order valence-electron chi connectivity index (χ1n) is 17.0. The topological polar surface area (TPSA) is 6.48 Å². The van der Waals surface area contributed by atoms with Crippen LogP contribution in [0.15, 0.2) is 182 Å². The lowest BCUT2D eigenvalue weighted by Gasteiger charge is -2.40. The third kappa shape index (κ3) is 7.71. The lowest BCUT2D eigenvalue weighted by Crippen LogP contribution is -2.35. The average molecular weight is 681 g/mol. The Morgan fingerprint density at radius 1 is 0.417 bits per heavy atom. The molecule has 0 N–H and O–H groups in total. The van der Waals surface area contributed by atoms with Crippen molar-refractivity contribution in [2.75, 3.05) is 13.6 Å². The molecule has 0 aliphatic heterocycles. The van der Waals surface area contributed by atoms with Crippen LogP contribution < -0.4 is 31.8 Å². The molecule has 7 rings (SSSR count). The Morgan fingerprint density at radius 2 is 0.708 bits per heavy atom. The summed E-state index contributed by atoms with van der Waals surface area (Å²) in [6.07, 6.45) is 3.69. The molecule has 0 amide bonds. The second-order valence-electron chi connectivity index (χ2n) is 12.4. The van der Waals surface area contributed by atoms with Gasteiger partial charge in [-0.25, -0.2) is 4.44 Å². The molecule has 2 nitrogen and oxygen atoms in total. The summed E-state index contributed by atoms with van der Waals surface area (Å²) in [5, 5.41) is 8.53. The lowest BCUT2D eigenvalue weighted by atomic mass is 10.1. The molecule has 2 unspecified atom stereocenters. The molecule has 0 bridgehead atoms. The predicted octanol–water partition coefficient (Wildman–Crippen LogP) is 8.53. The highest BCUT2D eigenvalue weighted by atomic mass is 31.2. The number of hydrogen-bond acceptors (Lipinski definition) is 2. The molecule has 1 saturated carbocycles. The molecule has 0 saturated heterocycles. The van der Waals surface area contributed by atoms with Crippen LogP contribution in [0.1, 0.15) is 19.3 Å². The van der Waals surface area contributed by atoms with Crippen molar-refractivity contribution in [3.8, 4) is 0 Å². The average Bonchev–Trinajstić information content (AvgIpc) is 3.63. The summed E-state index contributed by atoms with van der Waals surface area (Å²) >= 11 is 0. The quantitative estimate of drug-likeness (QED) is 0.120. The Bertz CT molecular complexity index is 1610. The monoisotopic (exact) mass is 680 g/mol. The fourth-order valence-electron chi connectivity index (χ4n) is 6.96. The maximum Gasteiger partial charge on any atom is 0.0323 e. The van der Waals surface area contributed by atoms with Crippen LogP contribution in [0.5, 0.6) is 0 Å². The van der Waals surface area contributed by atoms with Gasteiger partial charge in [0, 0.05) is 36.8 Å². The summed E-state index contributed by atoms with van der Waals surface area (Å²) in [5.41, 5.74) is 0. The van der Waals surface area contributed by atoms with Crippen molar-refractivity contribution in [3.63, 3.8) is 0 Å². The third-order valence-corrected chi connectivity index (χ3v) is 17.2. The summed E-state index contributed by atoms with van der Waals surface area (Å²) in [7, 11) is 0.225. The SMILES string of the molecule is CN(C1CCC(CN(P(c2ccccc2)c2ccccc2)P(c2ccccc2)c2ccccc2)C1)P(c1ccccc1)c1ccccc1. The fourth-order valence-corrected chi connectivity index (χ4v) is 15.7. The molecular formula is C43H43N2P3. The summed E-state index contributed by atoms with van der Waals surface area (Å²) in [5.74, 6) is 0.607. The molecule has 1 aliphatic rings. The van der Waals surface area contributed by atoms with Crippen LogP contribution in [0, 0.1) is 5.92 Å². The second-order valence-corrected chi connectivity index (χ2v) is 19.3. The minimum atomic E-state index is -0.779. The molecule has 240 valence electrons. The maximum atomic E-state index is 2.95. The standard InChI is InChI=1S/C43H43N2P3/c1-44(46(38-20-8-2-9-21-38)39-22-10-3-11-23-39)37-33-32-36(34-37)35-45(47(40-24-12-4-13-25-40)41-26-14-5-15-27-41)48(42-28-16-6-17-29-42)43-30-18-7-19-31-43/h2-31,36-37H,32-35H2,1H3. The van der Waals surface area contributed by atoms with E-state index in [0.29, 0.717) is 12.0 Å². The highest BCUT2D eigenvalue weighted by Crippen LogP contribution is 2.56. The van der Waals surface area contributed by atoms with E-state index in [2.05, 4.69) is 198 Å². The van der Waals surface area contributed by atoms with Crippen LogP contribution in [-0.2, 0) is 0 Å². The van der Waals surface area contributed by atoms with Gasteiger partial charge in [-0.05, 0) is 64.1 Å². The van der Waals surface area contributed by atoms with Gasteiger partial charge < -0.3 is 0 Å². The zero-order chi connectivity index (χ0) is 32.5. The van der Waals surface area contributed by atoms with Crippen molar-refractivity contribution in [1.82, 2.24) is 9.11 Å². The van der Waals surface area contributed by atoms with Crippen LogP contribution >= 0.6 is 24.2 Å². The van der Waals surface area contributed by atoms with Crippen molar-refractivity contribution < 1.29 is 0 Å². The fraction of sp³-hybridized carbons (Fsp3) is 0.163. The number of benzene rings is 6. The molecule has 6 aromatic carbocycles. The van der Waals surface area contributed by atoms with Crippen molar-refractivity contribution in [3.05, 3.63) is 182 Å². The van der Waals surface area contributed by atoms with Crippen molar-refractivity contribution in [2.45, 2.75) is 25.3 Å². The lowest BCUT2D eigenvalue weighted by molar-refractivity contribution is 0.383. The van der Waals surface area contributed by atoms with Gasteiger partial charge in [-0.3, -0.25) is 4.67 Å². The maximum absolute atomic E-state index is 2.95. The highest BCUT2D eigenvalue weighted by Gasteiger charge is 2.38. The molecule has 1 fully saturated rings. The molecule has 48 heavy (non-hydrogen) atoms. The van der Waals surface area contributed by atoms with E-state index in [0.717, 1.165) is 6.54 Å². The predicted molar refractivity (Wildman–Crippen MR) is 213 cm³/mol. The number of rotatable bonds is 12. The van der Waals surface area contributed by atoms with Crippen molar-refractivity contribution in [1.29, 1.82) is 0 Å². The first-order valence-corrected chi connectivity index (χ1v) is 20.9. The molecule has 0 radical (unpaired) electrons. The largest absolute Gasteiger partial charge is 0.275 e. The zero-order valence-electron chi connectivity index (χ0n) is 27.5.